The smallest absolute Gasteiger partial charge is 0.418 e. The Morgan fingerprint density at radius 3 is 1.50 bits per heavy atom. The molecule has 0 radical (unpaired) electrons. The summed E-state index contributed by atoms with van der Waals surface area (Å²) in [6.45, 7) is 0.0163. The van der Waals surface area contributed by atoms with E-state index in [1.165, 1.54) is 62.8 Å². The third kappa shape index (κ3) is 8.51. The summed E-state index contributed by atoms with van der Waals surface area (Å²) in [6, 6.07) is 16.0. The van der Waals surface area contributed by atoms with Gasteiger partial charge in [0.25, 0.3) is 0 Å². The third-order valence-corrected chi connectivity index (χ3v) is 5.98. The molecular formula is C30H24F8N4O2. The molecule has 0 saturated heterocycles. The SMILES string of the molecule is COc1ccc(Nc2ccc(C#N)c(F)c2)c(C(F)(F)F)c1.COc1ccc(Nc2ccc(CN)c(F)c2)c(C(F)(F)F)c1. The van der Waals surface area contributed by atoms with Gasteiger partial charge in [-0.15, -0.1) is 0 Å². The fourth-order valence-electron chi connectivity index (χ4n) is 3.77. The van der Waals surface area contributed by atoms with Gasteiger partial charge in [-0.25, -0.2) is 8.78 Å². The van der Waals surface area contributed by atoms with Crippen molar-refractivity contribution in [3.63, 3.8) is 0 Å². The van der Waals surface area contributed by atoms with Gasteiger partial charge in [0.1, 0.15) is 29.2 Å². The van der Waals surface area contributed by atoms with Crippen molar-refractivity contribution in [2.45, 2.75) is 18.9 Å². The molecule has 0 bridgehead atoms. The lowest BCUT2D eigenvalue weighted by atomic mass is 10.1. The number of halogens is 8. The van der Waals surface area contributed by atoms with Crippen LogP contribution in [0.5, 0.6) is 11.5 Å². The Morgan fingerprint density at radius 1 is 0.682 bits per heavy atom. The number of nitriles is 1. The molecule has 4 aromatic rings. The molecule has 0 unspecified atom stereocenters. The van der Waals surface area contributed by atoms with Crippen LogP contribution in [0.2, 0.25) is 0 Å². The van der Waals surface area contributed by atoms with Crippen molar-refractivity contribution in [2.75, 3.05) is 24.9 Å². The Labute approximate surface area is 246 Å². The van der Waals surface area contributed by atoms with Crippen molar-refractivity contribution in [3.05, 3.63) is 107 Å². The third-order valence-electron chi connectivity index (χ3n) is 5.98. The number of nitrogens with one attached hydrogen (secondary N) is 2. The summed E-state index contributed by atoms with van der Waals surface area (Å²) in [7, 11) is 2.54. The van der Waals surface area contributed by atoms with Crippen LogP contribution in [0.15, 0.2) is 72.8 Å². The molecule has 0 fully saturated rings. The van der Waals surface area contributed by atoms with E-state index in [0.717, 1.165) is 24.3 Å². The van der Waals surface area contributed by atoms with Crippen molar-refractivity contribution < 1.29 is 44.6 Å². The number of anilines is 4. The Hall–Kier alpha value is -5.03. The second kappa shape index (κ2) is 14.0. The van der Waals surface area contributed by atoms with E-state index in [1.54, 1.807) is 6.07 Å². The largest absolute Gasteiger partial charge is 0.497 e. The highest BCUT2D eigenvalue weighted by molar-refractivity contribution is 5.67. The molecule has 44 heavy (non-hydrogen) atoms. The summed E-state index contributed by atoms with van der Waals surface area (Å²) in [4.78, 5) is 0. The second-order valence-corrected chi connectivity index (χ2v) is 8.89. The van der Waals surface area contributed by atoms with Crippen LogP contribution in [0.3, 0.4) is 0 Å². The lowest BCUT2D eigenvalue weighted by Gasteiger charge is -2.16. The van der Waals surface area contributed by atoms with E-state index in [2.05, 4.69) is 10.6 Å². The average molecular weight is 625 g/mol. The normalized spacial score (nSPS) is 11.1. The van der Waals surface area contributed by atoms with Crippen molar-refractivity contribution in [3.8, 4) is 17.6 Å². The molecule has 0 spiro atoms. The molecule has 0 saturated carbocycles. The van der Waals surface area contributed by atoms with Crippen molar-refractivity contribution in [1.29, 1.82) is 5.26 Å². The van der Waals surface area contributed by atoms with E-state index in [9.17, 15) is 35.1 Å². The molecule has 0 aliphatic carbocycles. The van der Waals surface area contributed by atoms with Crippen LogP contribution >= 0.6 is 0 Å². The molecule has 0 aliphatic heterocycles. The molecule has 0 amide bonds. The van der Waals surface area contributed by atoms with E-state index in [1.807, 2.05) is 0 Å². The van der Waals surface area contributed by atoms with Crippen LogP contribution in [0.4, 0.5) is 57.9 Å². The van der Waals surface area contributed by atoms with Crippen LogP contribution in [-0.2, 0) is 18.9 Å². The quantitative estimate of drug-likeness (QED) is 0.179. The van der Waals surface area contributed by atoms with Gasteiger partial charge in [0.05, 0.1) is 42.3 Å². The molecular weight excluding hydrogens is 600 g/mol. The number of ether oxygens (including phenoxy) is 2. The number of hydrogen-bond acceptors (Lipinski definition) is 6. The summed E-state index contributed by atoms with van der Waals surface area (Å²) in [5, 5.41) is 13.7. The van der Waals surface area contributed by atoms with Gasteiger partial charge in [-0.1, -0.05) is 6.07 Å². The molecule has 4 aromatic carbocycles. The zero-order valence-electron chi connectivity index (χ0n) is 23.0. The van der Waals surface area contributed by atoms with E-state index in [-0.39, 0.29) is 51.9 Å². The molecule has 0 aliphatic rings. The summed E-state index contributed by atoms with van der Waals surface area (Å²) in [6.07, 6.45) is -9.16. The Morgan fingerprint density at radius 2 is 1.14 bits per heavy atom. The Bertz CT molecular complexity index is 1650. The molecule has 0 atom stereocenters. The highest BCUT2D eigenvalue weighted by Gasteiger charge is 2.35. The van der Waals surface area contributed by atoms with Gasteiger partial charge in [-0.2, -0.15) is 31.6 Å². The highest BCUT2D eigenvalue weighted by Crippen LogP contribution is 2.39. The predicted molar refractivity (Wildman–Crippen MR) is 148 cm³/mol. The number of alkyl halides is 6. The first-order valence-corrected chi connectivity index (χ1v) is 12.4. The number of nitrogens with two attached hydrogens (primary N) is 1. The van der Waals surface area contributed by atoms with Gasteiger partial charge in [0, 0.05) is 23.5 Å². The van der Waals surface area contributed by atoms with Gasteiger partial charge >= 0.3 is 12.4 Å². The van der Waals surface area contributed by atoms with Crippen molar-refractivity contribution >= 4 is 22.7 Å². The summed E-state index contributed by atoms with van der Waals surface area (Å²) >= 11 is 0. The number of nitrogens with zero attached hydrogens (tertiary/aromatic N) is 1. The Balaban J connectivity index is 0.000000240. The summed E-state index contributed by atoms with van der Waals surface area (Å²) in [5.41, 5.74) is 3.50. The van der Waals surface area contributed by atoms with Crippen LogP contribution in [0.1, 0.15) is 22.3 Å². The monoisotopic (exact) mass is 624 g/mol. The van der Waals surface area contributed by atoms with Gasteiger partial charge < -0.3 is 25.8 Å². The Kier molecular flexibility index (Phi) is 10.6. The van der Waals surface area contributed by atoms with E-state index in [0.29, 0.717) is 0 Å². The maximum absolute atomic E-state index is 13.6. The molecule has 14 heteroatoms. The van der Waals surface area contributed by atoms with Crippen molar-refractivity contribution in [2.24, 2.45) is 5.73 Å². The van der Waals surface area contributed by atoms with Crippen LogP contribution in [0, 0.1) is 23.0 Å². The summed E-state index contributed by atoms with van der Waals surface area (Å²) < 4.78 is 115. The first-order chi connectivity index (χ1) is 20.7. The minimum Gasteiger partial charge on any atom is -0.497 e. The number of hydrogen-bond donors (Lipinski definition) is 3. The first kappa shape index (κ1) is 33.5. The van der Waals surface area contributed by atoms with E-state index >= 15 is 0 Å². The average Bonchev–Trinajstić information content (AvgIpc) is 2.97. The van der Waals surface area contributed by atoms with Crippen molar-refractivity contribution in [1.82, 2.24) is 0 Å². The number of methoxy groups -OCH3 is 2. The minimum atomic E-state index is -4.60. The number of benzene rings is 4. The van der Waals surface area contributed by atoms with Gasteiger partial charge in [0.2, 0.25) is 0 Å². The zero-order chi connectivity index (χ0) is 32.7. The van der Waals surface area contributed by atoms with Crippen LogP contribution < -0.4 is 25.8 Å². The molecule has 0 aromatic heterocycles. The van der Waals surface area contributed by atoms with Gasteiger partial charge in [-0.05, 0) is 66.7 Å². The highest BCUT2D eigenvalue weighted by atomic mass is 19.4. The van der Waals surface area contributed by atoms with E-state index in [4.69, 9.17) is 20.5 Å². The molecule has 4 N–H and O–H groups in total. The number of rotatable bonds is 7. The fourth-order valence-corrected chi connectivity index (χ4v) is 3.77. The van der Waals surface area contributed by atoms with Crippen LogP contribution in [0.25, 0.3) is 0 Å². The van der Waals surface area contributed by atoms with E-state index < -0.39 is 35.1 Å². The second-order valence-electron chi connectivity index (χ2n) is 8.89. The molecule has 6 nitrogen and oxygen atoms in total. The topological polar surface area (TPSA) is 92.3 Å². The molecule has 4 rings (SSSR count). The maximum atomic E-state index is 13.6. The zero-order valence-corrected chi connectivity index (χ0v) is 23.0. The lowest BCUT2D eigenvalue weighted by molar-refractivity contribution is -0.137. The maximum Gasteiger partial charge on any atom is 0.418 e. The van der Waals surface area contributed by atoms with Gasteiger partial charge in [-0.3, -0.25) is 0 Å². The minimum absolute atomic E-state index is 0.0163. The van der Waals surface area contributed by atoms with Gasteiger partial charge in [0.15, 0.2) is 0 Å². The standard InChI is InChI=1S/C15H14F4N2O.C15H10F4N2O/c2*1-22-11-4-5-14(12(7-11)15(17,18)19)21-10-3-2-9(8-20)13(16)6-10/h2-7,21H,8,20H2,1H3;2-7,21H,1H3. The first-order valence-electron chi connectivity index (χ1n) is 12.4. The molecule has 0 heterocycles. The predicted octanol–water partition coefficient (Wildman–Crippen LogP) is 8.52. The van der Waals surface area contributed by atoms with Crippen LogP contribution in [-0.4, -0.2) is 14.2 Å². The summed E-state index contributed by atoms with van der Waals surface area (Å²) in [5.74, 6) is -1.24. The molecule has 232 valence electrons. The fraction of sp³-hybridized carbons (Fsp3) is 0.167. The lowest BCUT2D eigenvalue weighted by Crippen LogP contribution is -2.09.